The molecule has 0 amide bonds. The maximum Gasteiger partial charge on any atom is 0.226 e. The summed E-state index contributed by atoms with van der Waals surface area (Å²) >= 11 is 0. The van der Waals surface area contributed by atoms with E-state index in [1.54, 1.807) is 6.08 Å². The van der Waals surface area contributed by atoms with Gasteiger partial charge in [-0.25, -0.2) is 4.98 Å². The first-order valence-electron chi connectivity index (χ1n) is 8.30. The van der Waals surface area contributed by atoms with E-state index in [1.807, 2.05) is 12.1 Å². The minimum atomic E-state index is 0.343. The van der Waals surface area contributed by atoms with Gasteiger partial charge in [0, 0.05) is 17.8 Å². The lowest BCUT2D eigenvalue weighted by Crippen LogP contribution is -2.37. The molecule has 8 heteroatoms. The SMILES string of the molecule is CN1CCC(Nc2nc(N)c3ccc(C(/C=C\N)=C/N)nc3n2)CC1. The number of hydrogen-bond acceptors (Lipinski definition) is 8. The highest BCUT2D eigenvalue weighted by Crippen LogP contribution is 2.22. The van der Waals surface area contributed by atoms with Crippen LogP contribution in [0.1, 0.15) is 18.5 Å². The Morgan fingerprint density at radius 3 is 2.64 bits per heavy atom. The Morgan fingerprint density at radius 2 is 1.96 bits per heavy atom. The Hall–Kier alpha value is -2.87. The molecular weight excluding hydrogens is 316 g/mol. The minimum Gasteiger partial charge on any atom is -0.405 e. The van der Waals surface area contributed by atoms with Gasteiger partial charge in [0.05, 0.1) is 11.1 Å². The topological polar surface area (TPSA) is 132 Å². The molecule has 1 aliphatic heterocycles. The molecule has 0 aliphatic carbocycles. The first-order valence-corrected chi connectivity index (χ1v) is 8.30. The lowest BCUT2D eigenvalue weighted by atomic mass is 10.1. The Kier molecular flexibility index (Phi) is 4.99. The van der Waals surface area contributed by atoms with Crippen molar-refractivity contribution in [1.29, 1.82) is 0 Å². The van der Waals surface area contributed by atoms with Crippen LogP contribution in [0.2, 0.25) is 0 Å². The third kappa shape index (κ3) is 3.80. The van der Waals surface area contributed by atoms with Crippen molar-refractivity contribution in [2.24, 2.45) is 11.5 Å². The van der Waals surface area contributed by atoms with Gasteiger partial charge in [-0.2, -0.15) is 9.97 Å². The van der Waals surface area contributed by atoms with Crippen LogP contribution in [0, 0.1) is 0 Å². The van der Waals surface area contributed by atoms with Gasteiger partial charge in [0.15, 0.2) is 5.65 Å². The summed E-state index contributed by atoms with van der Waals surface area (Å²) in [5, 5.41) is 4.09. The first-order chi connectivity index (χ1) is 12.1. The molecule has 3 heterocycles. The standard InChI is InChI=1S/C17H24N8/c1-25-8-5-12(6-9-25)21-17-23-15(20)13-2-3-14(22-16(13)24-17)11(10-19)4-7-18/h2-4,7,10,12H,5-6,8-9,18-19H2,1H3,(H3,20,21,22,23,24)/b7-4-,11-10+. The highest BCUT2D eigenvalue weighted by atomic mass is 15.2. The molecule has 0 radical (unpaired) electrons. The Bertz CT molecular complexity index is 806. The van der Waals surface area contributed by atoms with Gasteiger partial charge in [0.25, 0.3) is 0 Å². The molecule has 2 aromatic rings. The first kappa shape index (κ1) is 17.0. The van der Waals surface area contributed by atoms with Crippen LogP contribution in [0.5, 0.6) is 0 Å². The fourth-order valence-corrected chi connectivity index (χ4v) is 2.92. The highest BCUT2D eigenvalue weighted by Gasteiger charge is 2.18. The van der Waals surface area contributed by atoms with Gasteiger partial charge in [-0.05, 0) is 57.4 Å². The van der Waals surface area contributed by atoms with Crippen LogP contribution < -0.4 is 22.5 Å². The number of allylic oxidation sites excluding steroid dienone is 2. The molecule has 1 aliphatic rings. The second-order valence-corrected chi connectivity index (χ2v) is 6.20. The highest BCUT2D eigenvalue weighted by molar-refractivity contribution is 5.88. The second-order valence-electron chi connectivity index (χ2n) is 6.20. The largest absolute Gasteiger partial charge is 0.405 e. The Balaban J connectivity index is 1.90. The summed E-state index contributed by atoms with van der Waals surface area (Å²) in [5.41, 5.74) is 19.1. The van der Waals surface area contributed by atoms with Crippen LogP contribution in [0.4, 0.5) is 11.8 Å². The van der Waals surface area contributed by atoms with Crippen LogP contribution in [0.3, 0.4) is 0 Å². The van der Waals surface area contributed by atoms with Crippen LogP contribution >= 0.6 is 0 Å². The fourth-order valence-electron chi connectivity index (χ4n) is 2.92. The molecule has 3 rings (SSSR count). The van der Waals surface area contributed by atoms with Crippen molar-refractivity contribution in [3.8, 4) is 0 Å². The van der Waals surface area contributed by atoms with Crippen molar-refractivity contribution in [3.63, 3.8) is 0 Å². The molecule has 0 unspecified atom stereocenters. The van der Waals surface area contributed by atoms with E-state index in [1.165, 1.54) is 12.4 Å². The van der Waals surface area contributed by atoms with Gasteiger partial charge >= 0.3 is 0 Å². The van der Waals surface area contributed by atoms with E-state index in [4.69, 9.17) is 17.2 Å². The molecule has 0 aromatic carbocycles. The third-order valence-corrected chi connectivity index (χ3v) is 4.39. The van der Waals surface area contributed by atoms with Crippen molar-refractivity contribution in [2.45, 2.75) is 18.9 Å². The molecule has 1 saturated heterocycles. The van der Waals surface area contributed by atoms with E-state index < -0.39 is 0 Å². The third-order valence-electron chi connectivity index (χ3n) is 4.39. The van der Waals surface area contributed by atoms with Gasteiger partial charge in [-0.1, -0.05) is 0 Å². The molecule has 132 valence electrons. The number of likely N-dealkylation sites (tertiary alicyclic amines) is 1. The van der Waals surface area contributed by atoms with Gasteiger partial charge in [0.2, 0.25) is 5.95 Å². The van der Waals surface area contributed by atoms with Crippen LogP contribution in [-0.4, -0.2) is 46.0 Å². The predicted octanol–water partition coefficient (Wildman–Crippen LogP) is 0.885. The minimum absolute atomic E-state index is 0.343. The average molecular weight is 340 g/mol. The smallest absolute Gasteiger partial charge is 0.226 e. The number of nitrogen functional groups attached to an aromatic ring is 1. The van der Waals surface area contributed by atoms with Crippen molar-refractivity contribution >= 4 is 28.4 Å². The van der Waals surface area contributed by atoms with Crippen LogP contribution in [0.15, 0.2) is 30.6 Å². The van der Waals surface area contributed by atoms with Gasteiger partial charge in [-0.15, -0.1) is 0 Å². The van der Waals surface area contributed by atoms with Crippen molar-refractivity contribution < 1.29 is 0 Å². The second kappa shape index (κ2) is 7.35. The molecule has 1 fully saturated rings. The number of nitrogens with two attached hydrogens (primary N) is 3. The number of fused-ring (bicyclic) bond motifs is 1. The number of nitrogens with one attached hydrogen (secondary N) is 1. The number of pyridine rings is 1. The Morgan fingerprint density at radius 1 is 1.20 bits per heavy atom. The van der Waals surface area contributed by atoms with E-state index in [2.05, 4.69) is 32.2 Å². The van der Waals surface area contributed by atoms with E-state index >= 15 is 0 Å². The quantitative estimate of drug-likeness (QED) is 0.603. The Labute approximate surface area is 146 Å². The molecule has 8 nitrogen and oxygen atoms in total. The molecule has 2 aromatic heterocycles. The van der Waals surface area contributed by atoms with Gasteiger partial charge in [0.1, 0.15) is 5.82 Å². The van der Waals surface area contributed by atoms with Crippen molar-refractivity contribution in [1.82, 2.24) is 19.9 Å². The van der Waals surface area contributed by atoms with Crippen LogP contribution in [-0.2, 0) is 0 Å². The van der Waals surface area contributed by atoms with Crippen LogP contribution in [0.25, 0.3) is 16.6 Å². The zero-order valence-electron chi connectivity index (χ0n) is 14.3. The summed E-state index contributed by atoms with van der Waals surface area (Å²) in [6, 6.07) is 4.02. The van der Waals surface area contributed by atoms with E-state index in [0.29, 0.717) is 40.1 Å². The van der Waals surface area contributed by atoms with Crippen molar-refractivity contribution in [3.05, 3.63) is 36.3 Å². The molecule has 7 N–H and O–H groups in total. The summed E-state index contributed by atoms with van der Waals surface area (Å²) in [6.45, 7) is 2.11. The number of nitrogens with zero attached hydrogens (tertiary/aromatic N) is 4. The monoisotopic (exact) mass is 340 g/mol. The van der Waals surface area contributed by atoms with E-state index in [9.17, 15) is 0 Å². The maximum absolute atomic E-state index is 6.09. The number of anilines is 2. The molecule has 0 spiro atoms. The van der Waals surface area contributed by atoms with E-state index in [-0.39, 0.29) is 0 Å². The molecule has 0 atom stereocenters. The molecule has 0 bridgehead atoms. The summed E-state index contributed by atoms with van der Waals surface area (Å²) < 4.78 is 0. The van der Waals surface area contributed by atoms with E-state index in [0.717, 1.165) is 25.9 Å². The number of aromatic nitrogens is 3. The number of piperidine rings is 1. The zero-order chi connectivity index (χ0) is 17.8. The summed E-state index contributed by atoms with van der Waals surface area (Å²) in [7, 11) is 2.13. The fraction of sp³-hybridized carbons (Fsp3) is 0.353. The van der Waals surface area contributed by atoms with Gasteiger partial charge in [-0.3, -0.25) is 0 Å². The average Bonchev–Trinajstić information content (AvgIpc) is 2.61. The zero-order valence-corrected chi connectivity index (χ0v) is 14.3. The summed E-state index contributed by atoms with van der Waals surface area (Å²) in [5.74, 6) is 0.920. The molecule has 25 heavy (non-hydrogen) atoms. The summed E-state index contributed by atoms with van der Waals surface area (Å²) in [6.07, 6.45) is 6.67. The molecular formula is C17H24N8. The molecule has 0 saturated carbocycles. The number of hydrogen-bond donors (Lipinski definition) is 4. The van der Waals surface area contributed by atoms with Gasteiger partial charge < -0.3 is 27.4 Å². The lowest BCUT2D eigenvalue weighted by Gasteiger charge is -2.29. The summed E-state index contributed by atoms with van der Waals surface area (Å²) in [4.78, 5) is 15.8. The lowest BCUT2D eigenvalue weighted by molar-refractivity contribution is 0.263. The predicted molar refractivity (Wildman–Crippen MR) is 101 cm³/mol. The normalized spacial score (nSPS) is 17.4. The van der Waals surface area contributed by atoms with Crippen molar-refractivity contribution in [2.75, 3.05) is 31.2 Å². The number of rotatable bonds is 4. The maximum atomic E-state index is 6.09.